The molecule has 3 amide bonds. The van der Waals surface area contributed by atoms with Crippen LogP contribution in [0, 0.1) is 0 Å². The summed E-state index contributed by atoms with van der Waals surface area (Å²) in [5.74, 6) is 0.177. The van der Waals surface area contributed by atoms with E-state index in [9.17, 15) is 9.59 Å². The Bertz CT molecular complexity index is 562. The Morgan fingerprint density at radius 1 is 0.880 bits per heavy atom. The second-order valence-electron chi connectivity index (χ2n) is 7.27. The zero-order valence-electron chi connectivity index (χ0n) is 14.9. The van der Waals surface area contributed by atoms with Crippen molar-refractivity contribution >= 4 is 11.9 Å². The van der Waals surface area contributed by atoms with Gasteiger partial charge in [-0.25, -0.2) is 4.79 Å². The largest absolute Gasteiger partial charge is 0.342 e. The Morgan fingerprint density at radius 3 is 2.12 bits per heavy atom. The van der Waals surface area contributed by atoms with E-state index in [4.69, 9.17) is 0 Å². The van der Waals surface area contributed by atoms with Crippen molar-refractivity contribution in [2.24, 2.45) is 0 Å². The van der Waals surface area contributed by atoms with E-state index in [2.05, 4.69) is 10.6 Å². The number of nitrogens with zero attached hydrogens (tertiary/aromatic N) is 1. The van der Waals surface area contributed by atoms with E-state index in [1.54, 1.807) is 0 Å². The highest BCUT2D eigenvalue weighted by atomic mass is 16.2. The zero-order valence-corrected chi connectivity index (χ0v) is 14.9. The molecule has 136 valence electrons. The molecule has 2 aliphatic rings. The molecule has 5 nitrogen and oxygen atoms in total. The van der Waals surface area contributed by atoms with Gasteiger partial charge >= 0.3 is 6.03 Å². The number of benzene rings is 1. The summed E-state index contributed by atoms with van der Waals surface area (Å²) in [5.41, 5.74) is 1.06. The van der Waals surface area contributed by atoms with Crippen LogP contribution in [0.25, 0.3) is 0 Å². The van der Waals surface area contributed by atoms with Crippen molar-refractivity contribution in [1.82, 2.24) is 15.5 Å². The van der Waals surface area contributed by atoms with Crippen LogP contribution in [0.1, 0.15) is 50.5 Å². The summed E-state index contributed by atoms with van der Waals surface area (Å²) < 4.78 is 0. The molecule has 1 heterocycles. The fourth-order valence-electron chi connectivity index (χ4n) is 3.81. The smallest absolute Gasteiger partial charge is 0.315 e. The van der Waals surface area contributed by atoms with Gasteiger partial charge in [0.1, 0.15) is 0 Å². The first-order valence-corrected chi connectivity index (χ1v) is 9.59. The van der Waals surface area contributed by atoms with Gasteiger partial charge in [0.05, 0.1) is 6.42 Å². The third-order valence-corrected chi connectivity index (χ3v) is 5.32. The van der Waals surface area contributed by atoms with Gasteiger partial charge in [-0.15, -0.1) is 0 Å². The lowest BCUT2D eigenvalue weighted by molar-refractivity contribution is -0.131. The number of nitrogens with one attached hydrogen (secondary N) is 2. The summed E-state index contributed by atoms with van der Waals surface area (Å²) in [6.07, 6.45) is 8.03. The predicted octanol–water partition coefficient (Wildman–Crippen LogP) is 2.85. The fourth-order valence-corrected chi connectivity index (χ4v) is 3.81. The second-order valence-corrected chi connectivity index (χ2v) is 7.27. The first-order chi connectivity index (χ1) is 12.2. The summed E-state index contributed by atoms with van der Waals surface area (Å²) in [6, 6.07) is 10.3. The molecular weight excluding hydrogens is 314 g/mol. The standard InChI is InChI=1S/C20H29N3O2/c24-19(15-16-7-3-1-4-8-16)23-13-11-18(12-14-23)22-20(25)21-17-9-5-2-6-10-17/h1,3-4,7-8,17-18H,2,5-6,9-15H2,(H2,21,22,25). The third-order valence-electron chi connectivity index (χ3n) is 5.32. The van der Waals surface area contributed by atoms with Gasteiger partial charge in [0.15, 0.2) is 0 Å². The van der Waals surface area contributed by atoms with Gasteiger partial charge in [0.2, 0.25) is 5.91 Å². The number of carbonyl (C=O) groups is 2. The van der Waals surface area contributed by atoms with Crippen LogP contribution in [0.2, 0.25) is 0 Å². The highest BCUT2D eigenvalue weighted by Gasteiger charge is 2.24. The summed E-state index contributed by atoms with van der Waals surface area (Å²) in [5, 5.41) is 6.19. The van der Waals surface area contributed by atoms with E-state index in [1.807, 2.05) is 35.2 Å². The molecule has 2 fully saturated rings. The molecule has 1 saturated heterocycles. The number of hydrogen-bond donors (Lipinski definition) is 2. The van der Waals surface area contributed by atoms with E-state index in [0.29, 0.717) is 12.5 Å². The maximum atomic E-state index is 12.4. The third kappa shape index (κ3) is 5.48. The Balaban J connectivity index is 1.37. The first kappa shape index (κ1) is 17.8. The minimum absolute atomic E-state index is 0.0408. The minimum atomic E-state index is -0.0408. The molecule has 5 heteroatoms. The molecule has 0 bridgehead atoms. The number of hydrogen-bond acceptors (Lipinski definition) is 2. The minimum Gasteiger partial charge on any atom is -0.342 e. The molecule has 25 heavy (non-hydrogen) atoms. The van der Waals surface area contributed by atoms with Crippen LogP contribution in [0.3, 0.4) is 0 Å². The average molecular weight is 343 g/mol. The van der Waals surface area contributed by atoms with Gasteiger partial charge in [0.25, 0.3) is 0 Å². The number of piperidine rings is 1. The van der Waals surface area contributed by atoms with Crippen molar-refractivity contribution in [2.75, 3.05) is 13.1 Å². The van der Waals surface area contributed by atoms with E-state index < -0.39 is 0 Å². The number of likely N-dealkylation sites (tertiary alicyclic amines) is 1. The van der Waals surface area contributed by atoms with Crippen molar-refractivity contribution in [3.63, 3.8) is 0 Å². The average Bonchev–Trinajstić information content (AvgIpc) is 2.64. The molecule has 0 aromatic heterocycles. The highest BCUT2D eigenvalue weighted by molar-refractivity contribution is 5.79. The molecule has 3 rings (SSSR count). The molecule has 1 aromatic rings. The van der Waals surface area contributed by atoms with Gasteiger partial charge < -0.3 is 15.5 Å². The Hall–Kier alpha value is -2.04. The van der Waals surface area contributed by atoms with Crippen LogP contribution < -0.4 is 10.6 Å². The van der Waals surface area contributed by atoms with Crippen molar-refractivity contribution in [2.45, 2.75) is 63.5 Å². The number of rotatable bonds is 4. The Labute approximate surface area is 150 Å². The van der Waals surface area contributed by atoms with E-state index in [-0.39, 0.29) is 18.0 Å². The van der Waals surface area contributed by atoms with Gasteiger partial charge in [-0.1, -0.05) is 49.6 Å². The molecule has 0 unspecified atom stereocenters. The molecule has 1 aromatic carbocycles. The van der Waals surface area contributed by atoms with Crippen LogP contribution in [0.5, 0.6) is 0 Å². The highest BCUT2D eigenvalue weighted by Crippen LogP contribution is 2.17. The maximum absolute atomic E-state index is 12.4. The Kier molecular flexibility index (Phi) is 6.31. The molecular formula is C20H29N3O2. The van der Waals surface area contributed by atoms with Crippen LogP contribution in [0.15, 0.2) is 30.3 Å². The summed E-state index contributed by atoms with van der Waals surface area (Å²) in [7, 11) is 0. The van der Waals surface area contributed by atoms with Gasteiger partial charge in [-0.05, 0) is 31.2 Å². The zero-order chi connectivity index (χ0) is 17.5. The van der Waals surface area contributed by atoms with Crippen LogP contribution >= 0.6 is 0 Å². The van der Waals surface area contributed by atoms with Gasteiger partial charge in [0, 0.05) is 25.2 Å². The number of urea groups is 1. The molecule has 1 saturated carbocycles. The maximum Gasteiger partial charge on any atom is 0.315 e. The van der Waals surface area contributed by atoms with Crippen molar-refractivity contribution in [3.05, 3.63) is 35.9 Å². The van der Waals surface area contributed by atoms with Crippen LogP contribution in [-0.2, 0) is 11.2 Å². The second kappa shape index (κ2) is 8.88. The summed E-state index contributed by atoms with van der Waals surface area (Å²) >= 11 is 0. The van der Waals surface area contributed by atoms with Crippen molar-refractivity contribution < 1.29 is 9.59 Å². The molecule has 1 aliphatic heterocycles. The van der Waals surface area contributed by atoms with E-state index in [0.717, 1.165) is 44.3 Å². The van der Waals surface area contributed by atoms with Crippen LogP contribution in [-0.4, -0.2) is 42.0 Å². The fraction of sp³-hybridized carbons (Fsp3) is 0.600. The van der Waals surface area contributed by atoms with E-state index in [1.165, 1.54) is 19.3 Å². The molecule has 0 spiro atoms. The van der Waals surface area contributed by atoms with Crippen molar-refractivity contribution in [3.8, 4) is 0 Å². The lowest BCUT2D eigenvalue weighted by Crippen LogP contribution is -2.51. The molecule has 2 N–H and O–H groups in total. The van der Waals surface area contributed by atoms with Crippen molar-refractivity contribution in [1.29, 1.82) is 0 Å². The lowest BCUT2D eigenvalue weighted by Gasteiger charge is -2.33. The first-order valence-electron chi connectivity index (χ1n) is 9.59. The topological polar surface area (TPSA) is 61.4 Å². The molecule has 0 atom stereocenters. The number of amides is 3. The monoisotopic (exact) mass is 343 g/mol. The quantitative estimate of drug-likeness (QED) is 0.883. The lowest BCUT2D eigenvalue weighted by atomic mass is 9.96. The normalized spacial score (nSPS) is 19.4. The van der Waals surface area contributed by atoms with Crippen LogP contribution in [0.4, 0.5) is 4.79 Å². The molecule has 0 radical (unpaired) electrons. The predicted molar refractivity (Wildman–Crippen MR) is 98.3 cm³/mol. The SMILES string of the molecule is O=C(NC1CCCCC1)NC1CCN(C(=O)Cc2ccccc2)CC1. The number of carbonyl (C=O) groups excluding carboxylic acids is 2. The Morgan fingerprint density at radius 2 is 1.48 bits per heavy atom. The summed E-state index contributed by atoms with van der Waals surface area (Å²) in [6.45, 7) is 1.44. The summed E-state index contributed by atoms with van der Waals surface area (Å²) in [4.78, 5) is 26.4. The van der Waals surface area contributed by atoms with Gasteiger partial charge in [-0.2, -0.15) is 0 Å². The van der Waals surface area contributed by atoms with E-state index >= 15 is 0 Å². The van der Waals surface area contributed by atoms with Gasteiger partial charge in [-0.3, -0.25) is 4.79 Å². The molecule has 1 aliphatic carbocycles.